The van der Waals surface area contributed by atoms with Crippen molar-refractivity contribution >= 4 is 18.2 Å². The van der Waals surface area contributed by atoms with Gasteiger partial charge in [-0.3, -0.25) is 4.90 Å². The molecule has 0 fully saturated rings. The molecule has 1 aromatic carbocycles. The second kappa shape index (κ2) is 10.3. The van der Waals surface area contributed by atoms with Crippen molar-refractivity contribution in [1.29, 1.82) is 0 Å². The number of alkyl carbamates (subject to hydrolysis) is 1. The first-order valence-electron chi connectivity index (χ1n) is 11.4. The molecule has 202 valence electrons. The molecule has 0 saturated carbocycles. The van der Waals surface area contributed by atoms with Crippen LogP contribution in [0.1, 0.15) is 51.8 Å². The molecule has 2 heterocycles. The van der Waals surface area contributed by atoms with E-state index in [0.717, 1.165) is 5.56 Å². The van der Waals surface area contributed by atoms with Crippen LogP contribution in [0.15, 0.2) is 30.3 Å². The van der Waals surface area contributed by atoms with E-state index in [-0.39, 0.29) is 37.9 Å². The van der Waals surface area contributed by atoms with Gasteiger partial charge in [-0.1, -0.05) is 30.3 Å². The molecular weight excluding hydrogens is 499 g/mol. The molecule has 1 aromatic heterocycles. The van der Waals surface area contributed by atoms with E-state index in [9.17, 15) is 27.6 Å². The summed E-state index contributed by atoms with van der Waals surface area (Å²) in [6.07, 6.45) is -6.77. The Hall–Kier alpha value is -3.84. The van der Waals surface area contributed by atoms with Crippen LogP contribution in [0.3, 0.4) is 0 Å². The number of hydrogen-bond acceptors (Lipinski definition) is 7. The number of carbonyl (C=O) groups excluding carboxylic acids is 3. The summed E-state index contributed by atoms with van der Waals surface area (Å²) < 4.78 is 50.8. The standard InChI is InChI=1S/C23H28F3N5O6/c1-21(2,3)36-19(33)27-22(4,5)17-28-31(37-18(32)23(24,25)26)16-13-29(11-12-30(16)17)20(34)35-14-15-9-7-6-8-10-15/h6-10H,11-14H2,1-5H3/p+1. The molecule has 14 heteroatoms. The van der Waals surface area contributed by atoms with Gasteiger partial charge in [0.05, 0.1) is 11.4 Å². The molecule has 0 spiro atoms. The van der Waals surface area contributed by atoms with Crippen molar-refractivity contribution in [2.45, 2.75) is 71.6 Å². The Morgan fingerprint density at radius 3 is 2.30 bits per heavy atom. The third-order valence-electron chi connectivity index (χ3n) is 5.14. The Balaban J connectivity index is 1.86. The van der Waals surface area contributed by atoms with Gasteiger partial charge in [0, 0.05) is 5.10 Å². The van der Waals surface area contributed by atoms with Crippen molar-refractivity contribution in [3.05, 3.63) is 47.5 Å². The smallest absolute Gasteiger partial charge is 0.445 e. The highest BCUT2D eigenvalue weighted by Gasteiger charge is 2.48. The minimum absolute atomic E-state index is 0.00339. The van der Waals surface area contributed by atoms with Crippen molar-refractivity contribution in [3.63, 3.8) is 0 Å². The van der Waals surface area contributed by atoms with Crippen molar-refractivity contribution in [2.75, 3.05) is 6.54 Å². The number of rotatable bonds is 5. The summed E-state index contributed by atoms with van der Waals surface area (Å²) >= 11 is 0. The van der Waals surface area contributed by atoms with Gasteiger partial charge in [-0.25, -0.2) is 23.8 Å². The minimum atomic E-state index is -5.28. The average Bonchev–Trinajstić information content (AvgIpc) is 3.14. The van der Waals surface area contributed by atoms with Gasteiger partial charge in [0.1, 0.15) is 30.8 Å². The van der Waals surface area contributed by atoms with E-state index in [1.54, 1.807) is 58.9 Å². The Morgan fingerprint density at radius 2 is 1.70 bits per heavy atom. The van der Waals surface area contributed by atoms with E-state index in [2.05, 4.69) is 15.3 Å². The lowest BCUT2D eigenvalue weighted by molar-refractivity contribution is -0.920. The Kier molecular flexibility index (Phi) is 7.70. The Bertz CT molecular complexity index is 1160. The maximum atomic E-state index is 12.9. The topological polar surface area (TPSA) is 116 Å². The molecule has 0 atom stereocenters. The predicted molar refractivity (Wildman–Crippen MR) is 119 cm³/mol. The second-order valence-electron chi connectivity index (χ2n) is 9.85. The molecule has 1 aliphatic heterocycles. The summed E-state index contributed by atoms with van der Waals surface area (Å²) in [5, 5.41) is 6.66. The van der Waals surface area contributed by atoms with Crippen molar-refractivity contribution < 1.29 is 46.7 Å². The normalized spacial score (nSPS) is 14.0. The van der Waals surface area contributed by atoms with Gasteiger partial charge >= 0.3 is 30.2 Å². The molecule has 3 rings (SSSR count). The van der Waals surface area contributed by atoms with Crippen LogP contribution in [0.4, 0.5) is 22.8 Å². The van der Waals surface area contributed by atoms with Crippen LogP contribution in [-0.4, -0.2) is 51.0 Å². The average molecular weight is 529 g/mol. The largest absolute Gasteiger partial charge is 0.496 e. The highest BCUT2D eigenvalue weighted by molar-refractivity contribution is 5.75. The fourth-order valence-corrected chi connectivity index (χ4v) is 3.52. The number of hydrogen-bond donors (Lipinski definition) is 1. The SMILES string of the molecule is CC(C)(C)OC(=O)NC(C)(C)c1n[n+](OC(=O)C(F)(F)F)c2n1CCN(C(=O)OCc1ccccc1)C2. The minimum Gasteiger partial charge on any atom is -0.445 e. The molecule has 0 saturated heterocycles. The summed E-state index contributed by atoms with van der Waals surface area (Å²) in [6, 6.07) is 8.93. The number of amides is 2. The second-order valence-corrected chi connectivity index (χ2v) is 9.85. The van der Waals surface area contributed by atoms with Crippen molar-refractivity contribution in [1.82, 2.24) is 19.9 Å². The van der Waals surface area contributed by atoms with Gasteiger partial charge < -0.3 is 14.8 Å². The number of benzene rings is 1. The molecule has 37 heavy (non-hydrogen) atoms. The van der Waals surface area contributed by atoms with E-state index in [1.165, 1.54) is 9.47 Å². The van der Waals surface area contributed by atoms with Gasteiger partial charge in [0.15, 0.2) is 0 Å². The first-order valence-corrected chi connectivity index (χ1v) is 11.4. The molecule has 0 radical (unpaired) electrons. The van der Waals surface area contributed by atoms with Crippen molar-refractivity contribution in [2.24, 2.45) is 0 Å². The summed E-state index contributed by atoms with van der Waals surface area (Å²) in [6.45, 7) is 8.07. The number of aromatic nitrogens is 3. The fourth-order valence-electron chi connectivity index (χ4n) is 3.52. The zero-order chi connectivity index (χ0) is 27.6. The number of ether oxygens (including phenoxy) is 2. The van der Waals surface area contributed by atoms with E-state index >= 15 is 0 Å². The molecule has 1 N–H and O–H groups in total. The molecular formula is C23H29F3N5O6+. The molecule has 0 bridgehead atoms. The predicted octanol–water partition coefficient (Wildman–Crippen LogP) is 2.60. The van der Waals surface area contributed by atoms with Crippen LogP contribution in [-0.2, 0) is 39.5 Å². The van der Waals surface area contributed by atoms with Crippen LogP contribution in [0, 0.1) is 0 Å². The summed E-state index contributed by atoms with van der Waals surface area (Å²) in [4.78, 5) is 42.8. The number of halogens is 3. The lowest BCUT2D eigenvalue weighted by Gasteiger charge is -2.28. The van der Waals surface area contributed by atoms with E-state index < -0.39 is 35.5 Å². The third kappa shape index (κ3) is 7.11. The van der Waals surface area contributed by atoms with Gasteiger partial charge in [-0.15, -0.1) is 0 Å². The molecule has 2 aromatic rings. The van der Waals surface area contributed by atoms with E-state index in [1.807, 2.05) is 6.07 Å². The number of alkyl halides is 3. The summed E-state index contributed by atoms with van der Waals surface area (Å²) in [7, 11) is 0. The molecule has 1 aliphatic rings. The maximum Gasteiger partial charge on any atom is 0.496 e. The van der Waals surface area contributed by atoms with E-state index in [4.69, 9.17) is 9.47 Å². The quantitative estimate of drug-likeness (QED) is 0.593. The van der Waals surface area contributed by atoms with Crippen molar-refractivity contribution in [3.8, 4) is 0 Å². The Labute approximate surface area is 211 Å². The zero-order valence-corrected chi connectivity index (χ0v) is 21.1. The van der Waals surface area contributed by atoms with Gasteiger partial charge in [0.2, 0.25) is 0 Å². The van der Waals surface area contributed by atoms with Crippen LogP contribution in [0.5, 0.6) is 0 Å². The fraction of sp³-hybridized carbons (Fsp3) is 0.522. The molecule has 0 unspecified atom stereocenters. The first kappa shape index (κ1) is 27.7. The lowest BCUT2D eigenvalue weighted by atomic mass is 10.0. The number of fused-ring (bicyclic) bond motifs is 1. The summed E-state index contributed by atoms with van der Waals surface area (Å²) in [5.41, 5.74) is -1.30. The Morgan fingerprint density at radius 1 is 1.05 bits per heavy atom. The monoisotopic (exact) mass is 528 g/mol. The van der Waals surface area contributed by atoms with Crippen LogP contribution in [0.2, 0.25) is 0 Å². The van der Waals surface area contributed by atoms with Crippen LogP contribution >= 0.6 is 0 Å². The number of nitrogens with zero attached hydrogens (tertiary/aromatic N) is 4. The molecule has 11 nitrogen and oxygen atoms in total. The van der Waals surface area contributed by atoms with Gasteiger partial charge in [-0.2, -0.15) is 13.2 Å². The van der Waals surface area contributed by atoms with Gasteiger partial charge in [-0.05, 0) is 40.2 Å². The lowest BCUT2D eigenvalue weighted by Crippen LogP contribution is -2.56. The van der Waals surface area contributed by atoms with Gasteiger partial charge in [0.25, 0.3) is 5.82 Å². The highest BCUT2D eigenvalue weighted by atomic mass is 19.4. The zero-order valence-electron chi connectivity index (χ0n) is 21.1. The van der Waals surface area contributed by atoms with E-state index in [0.29, 0.717) is 4.85 Å². The van der Waals surface area contributed by atoms with Crippen LogP contribution < -0.4 is 15.0 Å². The first-order chi connectivity index (χ1) is 17.1. The molecule has 2 amide bonds. The number of nitrogens with one attached hydrogen (secondary N) is 1. The van der Waals surface area contributed by atoms with Crippen LogP contribution in [0.25, 0.3) is 0 Å². The molecule has 0 aliphatic carbocycles. The third-order valence-corrected chi connectivity index (χ3v) is 5.14. The number of carbonyl (C=O) groups is 3. The summed E-state index contributed by atoms with van der Waals surface area (Å²) in [5.74, 6) is -2.44. The highest BCUT2D eigenvalue weighted by Crippen LogP contribution is 2.23. The maximum absolute atomic E-state index is 12.9.